The third kappa shape index (κ3) is 3.95. The van der Waals surface area contributed by atoms with E-state index in [-0.39, 0.29) is 17.6 Å². The zero-order valence-electron chi connectivity index (χ0n) is 15.2. The van der Waals surface area contributed by atoms with E-state index >= 15 is 0 Å². The molecule has 0 fully saturated rings. The molecule has 0 saturated carbocycles. The number of nitrogens with zero attached hydrogens (tertiary/aromatic N) is 2. The Morgan fingerprint density at radius 2 is 2.28 bits per heavy atom. The van der Waals surface area contributed by atoms with Gasteiger partial charge in [0, 0.05) is 37.3 Å². The Kier molecular flexibility index (Phi) is 4.70. The van der Waals surface area contributed by atoms with Crippen molar-refractivity contribution in [3.05, 3.63) is 42.0 Å². The number of carbonyl (C=O) groups is 1. The highest BCUT2D eigenvalue weighted by Crippen LogP contribution is 2.41. The smallest absolute Gasteiger partial charge is 0.222 e. The van der Waals surface area contributed by atoms with E-state index in [1.165, 1.54) is 0 Å². The van der Waals surface area contributed by atoms with Gasteiger partial charge in [0.25, 0.3) is 0 Å². The Morgan fingerprint density at radius 3 is 2.96 bits per heavy atom. The van der Waals surface area contributed by atoms with Crippen molar-refractivity contribution in [3.8, 4) is 11.5 Å². The van der Waals surface area contributed by atoms with Crippen LogP contribution in [0.25, 0.3) is 0 Å². The van der Waals surface area contributed by atoms with Crippen LogP contribution < -0.4 is 14.8 Å². The van der Waals surface area contributed by atoms with E-state index in [0.29, 0.717) is 19.4 Å². The second-order valence-corrected chi connectivity index (χ2v) is 7.01. The third-order valence-corrected chi connectivity index (χ3v) is 4.51. The van der Waals surface area contributed by atoms with Crippen LogP contribution >= 0.6 is 0 Å². The van der Waals surface area contributed by atoms with Gasteiger partial charge in [0.05, 0.1) is 13.2 Å². The number of hydrogen-bond acceptors (Lipinski definition) is 4. The largest absolute Gasteiger partial charge is 0.497 e. The van der Waals surface area contributed by atoms with Gasteiger partial charge in [-0.15, -0.1) is 0 Å². The number of nitrogens with one attached hydrogen (secondary N) is 1. The molecule has 1 aliphatic rings. The number of benzene rings is 1. The minimum atomic E-state index is -0.333. The minimum Gasteiger partial charge on any atom is -0.497 e. The molecule has 2 aromatic rings. The van der Waals surface area contributed by atoms with E-state index < -0.39 is 0 Å². The second kappa shape index (κ2) is 6.78. The first kappa shape index (κ1) is 17.3. The minimum absolute atomic E-state index is 0.0181. The molecule has 0 saturated heterocycles. The summed E-state index contributed by atoms with van der Waals surface area (Å²) in [5, 5.41) is 3.16. The fourth-order valence-corrected chi connectivity index (χ4v) is 3.22. The lowest BCUT2D eigenvalue weighted by atomic mass is 9.89. The predicted octanol–water partition coefficient (Wildman–Crippen LogP) is 3.01. The van der Waals surface area contributed by atoms with Crippen LogP contribution in [0.4, 0.5) is 0 Å². The highest BCUT2D eigenvalue weighted by Gasteiger charge is 2.34. The van der Waals surface area contributed by atoms with Crippen LogP contribution in [-0.2, 0) is 11.3 Å². The number of ether oxygens (including phenoxy) is 2. The quantitative estimate of drug-likeness (QED) is 0.906. The lowest BCUT2D eigenvalue weighted by Gasteiger charge is -2.38. The summed E-state index contributed by atoms with van der Waals surface area (Å²) >= 11 is 0. The molecule has 1 amide bonds. The topological polar surface area (TPSA) is 65.4 Å². The van der Waals surface area contributed by atoms with Gasteiger partial charge in [0.2, 0.25) is 5.91 Å². The highest BCUT2D eigenvalue weighted by molar-refractivity contribution is 5.76. The van der Waals surface area contributed by atoms with Gasteiger partial charge in [-0.2, -0.15) is 0 Å². The number of imidazole rings is 1. The van der Waals surface area contributed by atoms with Crippen molar-refractivity contribution in [1.29, 1.82) is 0 Å². The van der Waals surface area contributed by atoms with Crippen LogP contribution in [0, 0.1) is 6.92 Å². The number of fused-ring (bicyclic) bond motifs is 1. The molecular weight excluding hydrogens is 318 g/mol. The monoisotopic (exact) mass is 343 g/mol. The number of aryl methyl sites for hydroxylation is 2. The normalized spacial score (nSPS) is 18.2. The summed E-state index contributed by atoms with van der Waals surface area (Å²) in [6.45, 7) is 6.62. The maximum absolute atomic E-state index is 12.5. The van der Waals surface area contributed by atoms with Crippen LogP contribution in [0.1, 0.15) is 44.1 Å². The zero-order chi connectivity index (χ0) is 18.0. The predicted molar refractivity (Wildman–Crippen MR) is 94.8 cm³/mol. The van der Waals surface area contributed by atoms with Crippen LogP contribution in [-0.4, -0.2) is 28.2 Å². The number of carbonyl (C=O) groups excluding carboxylic acids is 1. The summed E-state index contributed by atoms with van der Waals surface area (Å²) in [6, 6.07) is 5.63. The van der Waals surface area contributed by atoms with Crippen molar-refractivity contribution >= 4 is 5.91 Å². The summed E-state index contributed by atoms with van der Waals surface area (Å²) in [5.41, 5.74) is 0.631. The van der Waals surface area contributed by atoms with Gasteiger partial charge in [-0.3, -0.25) is 4.79 Å². The molecule has 6 nitrogen and oxygen atoms in total. The first-order chi connectivity index (χ1) is 11.9. The van der Waals surface area contributed by atoms with Crippen molar-refractivity contribution in [1.82, 2.24) is 14.9 Å². The molecule has 1 N–H and O–H groups in total. The Bertz CT molecular complexity index is 767. The van der Waals surface area contributed by atoms with Crippen molar-refractivity contribution < 1.29 is 14.3 Å². The molecule has 0 spiro atoms. The molecule has 1 aromatic carbocycles. The van der Waals surface area contributed by atoms with E-state index in [4.69, 9.17) is 9.47 Å². The zero-order valence-corrected chi connectivity index (χ0v) is 15.2. The maximum Gasteiger partial charge on any atom is 0.222 e. The Labute approximate surface area is 148 Å². The summed E-state index contributed by atoms with van der Waals surface area (Å²) in [7, 11) is 1.64. The van der Waals surface area contributed by atoms with Crippen molar-refractivity contribution in [2.45, 2.75) is 51.8 Å². The van der Waals surface area contributed by atoms with Gasteiger partial charge < -0.3 is 19.4 Å². The molecule has 3 rings (SSSR count). The number of rotatable bonds is 5. The van der Waals surface area contributed by atoms with Crippen LogP contribution in [0.5, 0.6) is 11.5 Å². The molecule has 6 heteroatoms. The Hall–Kier alpha value is -2.50. The SMILES string of the molecule is COc1ccc2c(c1)C(NC(=O)CCn1ccnc1C)CC(C)(C)O2. The summed E-state index contributed by atoms with van der Waals surface area (Å²) < 4.78 is 13.3. The number of amides is 1. The molecule has 0 radical (unpaired) electrons. The molecule has 134 valence electrons. The van der Waals surface area contributed by atoms with Crippen molar-refractivity contribution in [3.63, 3.8) is 0 Å². The first-order valence-electron chi connectivity index (χ1n) is 8.52. The number of aromatic nitrogens is 2. The molecule has 1 aromatic heterocycles. The van der Waals surface area contributed by atoms with E-state index in [0.717, 1.165) is 22.9 Å². The van der Waals surface area contributed by atoms with Gasteiger partial charge in [0.1, 0.15) is 22.9 Å². The fraction of sp³-hybridized carbons (Fsp3) is 0.474. The Morgan fingerprint density at radius 1 is 1.48 bits per heavy atom. The van der Waals surface area contributed by atoms with E-state index in [9.17, 15) is 4.79 Å². The van der Waals surface area contributed by atoms with Crippen molar-refractivity contribution in [2.24, 2.45) is 0 Å². The molecule has 0 bridgehead atoms. The summed E-state index contributed by atoms with van der Waals surface area (Å²) in [6.07, 6.45) is 4.76. The average Bonchev–Trinajstić information content (AvgIpc) is 2.97. The number of methoxy groups -OCH3 is 1. The number of hydrogen-bond donors (Lipinski definition) is 1. The average molecular weight is 343 g/mol. The van der Waals surface area contributed by atoms with Crippen LogP contribution in [0.15, 0.2) is 30.6 Å². The first-order valence-corrected chi connectivity index (χ1v) is 8.52. The van der Waals surface area contributed by atoms with Gasteiger partial charge in [-0.25, -0.2) is 4.98 Å². The lowest BCUT2D eigenvalue weighted by Crippen LogP contribution is -2.41. The molecule has 2 heterocycles. The summed E-state index contributed by atoms with van der Waals surface area (Å²) in [4.78, 5) is 16.7. The van der Waals surface area contributed by atoms with Crippen molar-refractivity contribution in [2.75, 3.05) is 7.11 Å². The molecule has 1 aliphatic heterocycles. The van der Waals surface area contributed by atoms with E-state index in [1.807, 2.05) is 49.7 Å². The molecule has 25 heavy (non-hydrogen) atoms. The van der Waals surface area contributed by atoms with Crippen LogP contribution in [0.3, 0.4) is 0 Å². The molecule has 0 aliphatic carbocycles. The molecular formula is C19H25N3O3. The maximum atomic E-state index is 12.5. The van der Waals surface area contributed by atoms with Gasteiger partial charge in [-0.1, -0.05) is 0 Å². The van der Waals surface area contributed by atoms with Gasteiger partial charge in [-0.05, 0) is 39.0 Å². The second-order valence-electron chi connectivity index (χ2n) is 7.01. The van der Waals surface area contributed by atoms with Gasteiger partial charge in [0.15, 0.2) is 0 Å². The Balaban J connectivity index is 1.72. The van der Waals surface area contributed by atoms with Crippen LogP contribution in [0.2, 0.25) is 0 Å². The van der Waals surface area contributed by atoms with Gasteiger partial charge >= 0.3 is 0 Å². The third-order valence-electron chi connectivity index (χ3n) is 4.51. The van der Waals surface area contributed by atoms with E-state index in [1.54, 1.807) is 13.3 Å². The molecule has 1 unspecified atom stereocenters. The highest BCUT2D eigenvalue weighted by atomic mass is 16.5. The summed E-state index contributed by atoms with van der Waals surface area (Å²) in [5.74, 6) is 2.49. The lowest BCUT2D eigenvalue weighted by molar-refractivity contribution is -0.122. The fourth-order valence-electron chi connectivity index (χ4n) is 3.22. The molecule has 1 atom stereocenters. The standard InChI is InChI=1S/C19H25N3O3/c1-13-20-8-10-22(13)9-7-18(23)21-16-12-19(2,3)25-17-6-5-14(24-4)11-15(16)17/h5-6,8,10-11,16H,7,9,12H2,1-4H3,(H,21,23). The van der Waals surface area contributed by atoms with E-state index in [2.05, 4.69) is 10.3 Å².